The monoisotopic (exact) mass is 377 g/mol. The maximum atomic E-state index is 12.7. The Balaban J connectivity index is 1.64. The summed E-state index contributed by atoms with van der Waals surface area (Å²) >= 11 is 0. The lowest BCUT2D eigenvalue weighted by molar-refractivity contribution is -0.137. The van der Waals surface area contributed by atoms with Crippen molar-refractivity contribution in [2.45, 2.75) is 12.7 Å². The molecule has 0 aromatic heterocycles. The second-order valence-electron chi connectivity index (χ2n) is 5.94. The second-order valence-corrected chi connectivity index (χ2v) is 5.94. The van der Waals surface area contributed by atoms with Crippen LogP contribution in [0.5, 0.6) is 0 Å². The van der Waals surface area contributed by atoms with Gasteiger partial charge in [-0.2, -0.15) is 13.2 Å². The molecule has 27 heavy (non-hydrogen) atoms. The van der Waals surface area contributed by atoms with Crippen LogP contribution in [0, 0.1) is 0 Å². The summed E-state index contributed by atoms with van der Waals surface area (Å²) in [5, 5.41) is 4.93. The lowest BCUT2D eigenvalue weighted by Crippen LogP contribution is -2.28. The number of hydrogen-bond acceptors (Lipinski definition) is 3. The third-order valence-electron chi connectivity index (χ3n) is 4.05. The Kier molecular flexibility index (Phi) is 4.61. The van der Waals surface area contributed by atoms with E-state index in [1.807, 2.05) is 0 Å². The van der Waals surface area contributed by atoms with Gasteiger partial charge in [-0.25, -0.2) is 4.79 Å². The zero-order valence-corrected chi connectivity index (χ0v) is 14.1. The Morgan fingerprint density at radius 1 is 1.04 bits per heavy atom. The fraction of sp³-hybridized carbons (Fsp3) is 0.167. The van der Waals surface area contributed by atoms with E-state index in [9.17, 15) is 27.6 Å². The molecule has 0 bridgehead atoms. The third-order valence-corrected chi connectivity index (χ3v) is 4.05. The molecule has 2 aromatic rings. The minimum atomic E-state index is -4.46. The molecular weight excluding hydrogens is 363 g/mol. The van der Waals surface area contributed by atoms with Crippen molar-refractivity contribution < 1.29 is 27.6 Å². The van der Waals surface area contributed by atoms with Crippen LogP contribution >= 0.6 is 0 Å². The van der Waals surface area contributed by atoms with Crippen molar-refractivity contribution in [1.82, 2.24) is 10.2 Å². The van der Waals surface area contributed by atoms with E-state index in [0.29, 0.717) is 0 Å². The standard InChI is InChI=1S/C18H14F3N3O3/c1-24-15(25)13-6-5-12(8-14(13)16(24)26)23-17(27)22-9-10-3-2-4-11(7-10)18(19,20)21/h2-8H,9H2,1H3,(H2,22,23,27). The number of halogens is 3. The Labute approximate surface area is 152 Å². The average molecular weight is 377 g/mol. The number of alkyl halides is 3. The van der Waals surface area contributed by atoms with Crippen molar-refractivity contribution in [3.63, 3.8) is 0 Å². The van der Waals surface area contributed by atoms with E-state index in [4.69, 9.17) is 0 Å². The van der Waals surface area contributed by atoms with Crippen LogP contribution in [-0.2, 0) is 12.7 Å². The molecular formula is C18H14F3N3O3. The Morgan fingerprint density at radius 3 is 2.44 bits per heavy atom. The van der Waals surface area contributed by atoms with Crippen molar-refractivity contribution in [3.8, 4) is 0 Å². The van der Waals surface area contributed by atoms with Crippen LogP contribution in [0.4, 0.5) is 23.7 Å². The number of nitrogens with zero attached hydrogens (tertiary/aromatic N) is 1. The number of benzene rings is 2. The molecule has 1 heterocycles. The summed E-state index contributed by atoms with van der Waals surface area (Å²) in [5.74, 6) is -0.890. The molecule has 1 aliphatic heterocycles. The molecule has 0 unspecified atom stereocenters. The number of imide groups is 1. The first kappa shape index (κ1) is 18.4. The summed E-state index contributed by atoms with van der Waals surface area (Å²) in [4.78, 5) is 36.7. The van der Waals surface area contributed by atoms with Crippen LogP contribution in [-0.4, -0.2) is 29.8 Å². The number of carbonyl (C=O) groups excluding carboxylic acids is 3. The van der Waals surface area contributed by atoms with Crippen molar-refractivity contribution >= 4 is 23.5 Å². The van der Waals surface area contributed by atoms with Crippen LogP contribution in [0.15, 0.2) is 42.5 Å². The van der Waals surface area contributed by atoms with Crippen molar-refractivity contribution in [1.29, 1.82) is 0 Å². The summed E-state index contributed by atoms with van der Waals surface area (Å²) in [6, 6.07) is 8.25. The van der Waals surface area contributed by atoms with Crippen LogP contribution in [0.1, 0.15) is 31.8 Å². The first-order valence-electron chi connectivity index (χ1n) is 7.84. The van der Waals surface area contributed by atoms with Gasteiger partial charge in [-0.05, 0) is 35.9 Å². The largest absolute Gasteiger partial charge is 0.416 e. The number of rotatable bonds is 3. The molecule has 0 aliphatic carbocycles. The molecule has 2 aromatic carbocycles. The van der Waals surface area contributed by atoms with Crippen molar-refractivity contribution in [3.05, 3.63) is 64.7 Å². The number of urea groups is 1. The van der Waals surface area contributed by atoms with Gasteiger partial charge in [0.1, 0.15) is 0 Å². The minimum Gasteiger partial charge on any atom is -0.334 e. The van der Waals surface area contributed by atoms with Crippen LogP contribution < -0.4 is 10.6 Å². The average Bonchev–Trinajstić information content (AvgIpc) is 2.84. The molecule has 1 aliphatic rings. The number of fused-ring (bicyclic) bond motifs is 1. The quantitative estimate of drug-likeness (QED) is 0.806. The predicted octanol–water partition coefficient (Wildman–Crippen LogP) is 3.25. The highest BCUT2D eigenvalue weighted by molar-refractivity contribution is 6.21. The maximum absolute atomic E-state index is 12.7. The second kappa shape index (κ2) is 6.75. The summed E-state index contributed by atoms with van der Waals surface area (Å²) in [5.41, 5.74) is 0.201. The van der Waals surface area contributed by atoms with Gasteiger partial charge < -0.3 is 10.6 Å². The fourth-order valence-electron chi connectivity index (χ4n) is 2.65. The van der Waals surface area contributed by atoms with E-state index in [1.54, 1.807) is 0 Å². The van der Waals surface area contributed by atoms with Gasteiger partial charge in [0.05, 0.1) is 16.7 Å². The van der Waals surface area contributed by atoms with Gasteiger partial charge in [0.25, 0.3) is 11.8 Å². The topological polar surface area (TPSA) is 78.5 Å². The molecule has 0 spiro atoms. The van der Waals surface area contributed by atoms with Gasteiger partial charge in [0.15, 0.2) is 0 Å². The Morgan fingerprint density at radius 2 is 1.74 bits per heavy atom. The van der Waals surface area contributed by atoms with Crippen LogP contribution in [0.25, 0.3) is 0 Å². The number of nitrogens with one attached hydrogen (secondary N) is 2. The molecule has 140 valence electrons. The SMILES string of the molecule is CN1C(=O)c2ccc(NC(=O)NCc3cccc(C(F)(F)F)c3)cc2C1=O. The normalized spacial score (nSPS) is 13.6. The third kappa shape index (κ3) is 3.76. The fourth-order valence-corrected chi connectivity index (χ4v) is 2.65. The highest BCUT2D eigenvalue weighted by Crippen LogP contribution is 2.29. The van der Waals surface area contributed by atoms with Gasteiger partial charge in [0.2, 0.25) is 0 Å². The molecule has 0 atom stereocenters. The molecule has 0 radical (unpaired) electrons. The smallest absolute Gasteiger partial charge is 0.334 e. The van der Waals surface area contributed by atoms with Gasteiger partial charge in [0, 0.05) is 19.3 Å². The van der Waals surface area contributed by atoms with Crippen LogP contribution in [0.3, 0.4) is 0 Å². The van der Waals surface area contributed by atoms with Crippen LogP contribution in [0.2, 0.25) is 0 Å². The zero-order chi connectivity index (χ0) is 19.8. The Bertz CT molecular complexity index is 941. The van der Waals surface area contributed by atoms with Crippen molar-refractivity contribution in [2.24, 2.45) is 0 Å². The molecule has 2 N–H and O–H groups in total. The van der Waals surface area contributed by atoms with Gasteiger partial charge in [-0.1, -0.05) is 12.1 Å². The predicted molar refractivity (Wildman–Crippen MR) is 90.2 cm³/mol. The Hall–Kier alpha value is -3.36. The molecule has 6 nitrogen and oxygen atoms in total. The molecule has 9 heteroatoms. The molecule has 0 saturated heterocycles. The number of anilines is 1. The van der Waals surface area contributed by atoms with Gasteiger partial charge in [-0.15, -0.1) is 0 Å². The number of hydrogen-bond donors (Lipinski definition) is 2. The van der Waals surface area contributed by atoms with E-state index < -0.39 is 29.6 Å². The van der Waals surface area contributed by atoms with Crippen molar-refractivity contribution in [2.75, 3.05) is 12.4 Å². The zero-order valence-electron chi connectivity index (χ0n) is 14.1. The summed E-state index contributed by atoms with van der Waals surface area (Å²) in [6.07, 6.45) is -4.46. The summed E-state index contributed by atoms with van der Waals surface area (Å²) in [7, 11) is 1.36. The minimum absolute atomic E-state index is 0.110. The molecule has 0 saturated carbocycles. The van der Waals surface area contributed by atoms with E-state index in [1.165, 1.54) is 37.4 Å². The van der Waals surface area contributed by atoms with E-state index in [-0.39, 0.29) is 28.9 Å². The van der Waals surface area contributed by atoms with E-state index >= 15 is 0 Å². The lowest BCUT2D eigenvalue weighted by Gasteiger charge is -2.11. The van der Waals surface area contributed by atoms with E-state index in [0.717, 1.165) is 17.0 Å². The lowest BCUT2D eigenvalue weighted by atomic mass is 10.1. The highest BCUT2D eigenvalue weighted by atomic mass is 19.4. The highest BCUT2D eigenvalue weighted by Gasteiger charge is 2.33. The number of carbonyl (C=O) groups is 3. The molecule has 0 fully saturated rings. The summed E-state index contributed by atoms with van der Waals surface area (Å²) < 4.78 is 38.1. The first-order valence-corrected chi connectivity index (χ1v) is 7.84. The first-order chi connectivity index (χ1) is 12.7. The van der Waals surface area contributed by atoms with Gasteiger partial charge >= 0.3 is 12.2 Å². The molecule has 3 rings (SSSR count). The number of amides is 4. The van der Waals surface area contributed by atoms with Gasteiger partial charge in [-0.3, -0.25) is 14.5 Å². The molecule has 4 amide bonds. The van der Waals surface area contributed by atoms with E-state index in [2.05, 4.69) is 10.6 Å². The summed E-state index contributed by atoms with van der Waals surface area (Å²) in [6.45, 7) is -0.110. The maximum Gasteiger partial charge on any atom is 0.416 e.